The number of nitrogen functional groups attached to an aromatic ring is 1. The van der Waals surface area contributed by atoms with Crippen LogP contribution in [0.1, 0.15) is 21.9 Å². The largest absolute Gasteiger partial charge is 0.508 e. The third-order valence-electron chi connectivity index (χ3n) is 3.01. The number of phenols is 1. The number of carbonyl (C=O) groups is 1. The summed E-state index contributed by atoms with van der Waals surface area (Å²) in [4.78, 5) is 13.4. The third-order valence-corrected chi connectivity index (χ3v) is 3.01. The Kier molecular flexibility index (Phi) is 3.95. The minimum atomic E-state index is -0.377. The highest BCUT2D eigenvalue weighted by molar-refractivity contribution is 5.94. The van der Waals surface area contributed by atoms with E-state index in [1.807, 2.05) is 18.0 Å². The van der Waals surface area contributed by atoms with Crippen LogP contribution < -0.4 is 16.2 Å². The van der Waals surface area contributed by atoms with Crippen molar-refractivity contribution in [1.82, 2.24) is 5.43 Å². The lowest BCUT2D eigenvalue weighted by Crippen LogP contribution is -2.30. The molecular formula is C14H17N3O3. The fourth-order valence-electron chi connectivity index (χ4n) is 1.98. The van der Waals surface area contributed by atoms with Gasteiger partial charge in [-0.05, 0) is 25.1 Å². The summed E-state index contributed by atoms with van der Waals surface area (Å²) < 4.78 is 5.54. The topological polar surface area (TPSA) is 91.7 Å². The molecule has 106 valence electrons. The lowest BCUT2D eigenvalue weighted by Gasteiger charge is -2.17. The van der Waals surface area contributed by atoms with Gasteiger partial charge >= 0.3 is 0 Å². The Labute approximate surface area is 116 Å². The first-order valence-corrected chi connectivity index (χ1v) is 6.11. The normalized spacial score (nSPS) is 10.3. The predicted molar refractivity (Wildman–Crippen MR) is 75.3 cm³/mol. The summed E-state index contributed by atoms with van der Waals surface area (Å²) in [5, 5.41) is 9.46. The van der Waals surface area contributed by atoms with Crippen LogP contribution >= 0.6 is 0 Å². The van der Waals surface area contributed by atoms with E-state index in [0.717, 1.165) is 5.69 Å². The van der Waals surface area contributed by atoms with E-state index in [1.165, 1.54) is 0 Å². The van der Waals surface area contributed by atoms with Crippen molar-refractivity contribution in [3.05, 3.63) is 47.4 Å². The summed E-state index contributed by atoms with van der Waals surface area (Å²) in [6, 6.07) is 8.57. The number of carbonyl (C=O) groups excluding carboxylic acids is 1. The van der Waals surface area contributed by atoms with Crippen LogP contribution in [0.3, 0.4) is 0 Å². The van der Waals surface area contributed by atoms with Crippen molar-refractivity contribution in [1.29, 1.82) is 0 Å². The first-order valence-electron chi connectivity index (χ1n) is 6.11. The average Bonchev–Trinajstić information content (AvgIpc) is 2.78. The van der Waals surface area contributed by atoms with Gasteiger partial charge in [-0.3, -0.25) is 10.2 Å². The maximum Gasteiger partial charge on any atom is 0.268 e. The molecule has 1 aromatic carbocycles. The van der Waals surface area contributed by atoms with Gasteiger partial charge in [-0.1, -0.05) is 6.07 Å². The zero-order valence-corrected chi connectivity index (χ0v) is 11.4. The molecule has 6 heteroatoms. The van der Waals surface area contributed by atoms with E-state index in [2.05, 4.69) is 5.43 Å². The monoisotopic (exact) mass is 275 g/mol. The molecule has 1 amide bonds. The molecule has 4 N–H and O–H groups in total. The van der Waals surface area contributed by atoms with Gasteiger partial charge in [0.1, 0.15) is 17.3 Å². The molecule has 0 aliphatic rings. The highest BCUT2D eigenvalue weighted by Crippen LogP contribution is 2.22. The third kappa shape index (κ3) is 2.92. The Balaban J connectivity index is 2.16. The van der Waals surface area contributed by atoms with Crippen molar-refractivity contribution in [2.75, 3.05) is 11.9 Å². The number of rotatable bonds is 4. The number of nitrogens with one attached hydrogen (secondary N) is 1. The zero-order chi connectivity index (χ0) is 14.7. The molecule has 1 heterocycles. The van der Waals surface area contributed by atoms with Gasteiger partial charge < -0.3 is 14.4 Å². The summed E-state index contributed by atoms with van der Waals surface area (Å²) in [6.07, 6.45) is 0. The molecule has 6 nitrogen and oxygen atoms in total. The average molecular weight is 275 g/mol. The van der Waals surface area contributed by atoms with E-state index in [-0.39, 0.29) is 11.7 Å². The minimum Gasteiger partial charge on any atom is -0.508 e. The van der Waals surface area contributed by atoms with Crippen LogP contribution in [-0.2, 0) is 6.54 Å². The van der Waals surface area contributed by atoms with E-state index in [4.69, 9.17) is 10.3 Å². The van der Waals surface area contributed by atoms with E-state index in [9.17, 15) is 9.90 Å². The number of aromatic hydroxyl groups is 1. The molecule has 2 rings (SSSR count). The highest BCUT2D eigenvalue weighted by atomic mass is 16.3. The Hall–Kier alpha value is -2.47. The number of nitrogens with zero attached hydrogens (tertiary/aromatic N) is 1. The van der Waals surface area contributed by atoms with Crippen LogP contribution in [0.4, 0.5) is 5.69 Å². The van der Waals surface area contributed by atoms with Crippen LogP contribution in [0.2, 0.25) is 0 Å². The molecule has 0 fully saturated rings. The number of hydrazine groups is 1. The van der Waals surface area contributed by atoms with Crippen LogP contribution in [0.25, 0.3) is 0 Å². The van der Waals surface area contributed by atoms with E-state index in [1.54, 1.807) is 31.2 Å². The molecule has 20 heavy (non-hydrogen) atoms. The van der Waals surface area contributed by atoms with Crippen molar-refractivity contribution >= 4 is 11.6 Å². The first-order chi connectivity index (χ1) is 9.51. The van der Waals surface area contributed by atoms with Crippen LogP contribution in [0, 0.1) is 6.92 Å². The number of benzene rings is 1. The van der Waals surface area contributed by atoms with Crippen molar-refractivity contribution in [2.24, 2.45) is 5.84 Å². The Morgan fingerprint density at radius 1 is 1.45 bits per heavy atom. The fourth-order valence-corrected chi connectivity index (χ4v) is 1.98. The summed E-state index contributed by atoms with van der Waals surface area (Å²) in [7, 11) is 1.87. The molecule has 0 saturated carbocycles. The maximum atomic E-state index is 11.5. The molecule has 0 spiro atoms. The SMILES string of the molecule is Cc1oc(CN(C)c2cccc(O)c2)cc1C(=O)NN. The fraction of sp³-hybridized carbons (Fsp3) is 0.214. The molecule has 2 aromatic rings. The second-order valence-electron chi connectivity index (χ2n) is 4.53. The van der Waals surface area contributed by atoms with Gasteiger partial charge in [-0.25, -0.2) is 5.84 Å². The molecular weight excluding hydrogens is 258 g/mol. The quantitative estimate of drug-likeness (QED) is 0.447. The molecule has 0 saturated heterocycles. The molecule has 0 radical (unpaired) electrons. The number of aryl methyl sites for hydroxylation is 1. The van der Waals surface area contributed by atoms with E-state index < -0.39 is 0 Å². The van der Waals surface area contributed by atoms with Crippen molar-refractivity contribution < 1.29 is 14.3 Å². The van der Waals surface area contributed by atoms with Gasteiger partial charge in [-0.2, -0.15) is 0 Å². The Bertz CT molecular complexity index is 622. The number of anilines is 1. The van der Waals surface area contributed by atoms with Gasteiger partial charge in [0.2, 0.25) is 0 Å². The van der Waals surface area contributed by atoms with E-state index in [0.29, 0.717) is 23.6 Å². The minimum absolute atomic E-state index is 0.202. The van der Waals surface area contributed by atoms with Crippen molar-refractivity contribution in [3.8, 4) is 5.75 Å². The molecule has 0 aliphatic heterocycles. The second kappa shape index (κ2) is 5.66. The molecule has 0 bridgehead atoms. The van der Waals surface area contributed by atoms with Gasteiger partial charge in [-0.15, -0.1) is 0 Å². The van der Waals surface area contributed by atoms with Gasteiger partial charge in [0.15, 0.2) is 0 Å². The number of phenolic OH excluding ortho intramolecular Hbond substituents is 1. The zero-order valence-electron chi connectivity index (χ0n) is 11.4. The summed E-state index contributed by atoms with van der Waals surface area (Å²) >= 11 is 0. The predicted octanol–water partition coefficient (Wildman–Crippen LogP) is 1.53. The van der Waals surface area contributed by atoms with Gasteiger partial charge in [0.05, 0.1) is 12.1 Å². The van der Waals surface area contributed by atoms with Gasteiger partial charge in [0, 0.05) is 18.8 Å². The smallest absolute Gasteiger partial charge is 0.268 e. The Morgan fingerprint density at radius 2 is 2.20 bits per heavy atom. The van der Waals surface area contributed by atoms with Crippen LogP contribution in [0.5, 0.6) is 5.75 Å². The number of amides is 1. The van der Waals surface area contributed by atoms with Crippen molar-refractivity contribution in [3.63, 3.8) is 0 Å². The molecule has 0 aliphatic carbocycles. The molecule has 0 atom stereocenters. The summed E-state index contributed by atoms with van der Waals surface area (Å²) in [5.41, 5.74) is 3.36. The first kappa shape index (κ1) is 14.0. The van der Waals surface area contributed by atoms with Gasteiger partial charge in [0.25, 0.3) is 5.91 Å². The maximum absolute atomic E-state index is 11.5. The lowest BCUT2D eigenvalue weighted by atomic mass is 10.2. The standard InChI is InChI=1S/C14H17N3O3/c1-9-13(14(19)16-15)7-12(20-9)8-17(2)10-4-3-5-11(18)6-10/h3-7,18H,8,15H2,1-2H3,(H,16,19). The molecule has 0 unspecified atom stereocenters. The summed E-state index contributed by atoms with van der Waals surface area (Å²) in [5.74, 6) is 6.10. The number of hydrogen-bond acceptors (Lipinski definition) is 5. The lowest BCUT2D eigenvalue weighted by molar-refractivity contribution is 0.0952. The summed E-state index contributed by atoms with van der Waals surface area (Å²) in [6.45, 7) is 2.19. The highest BCUT2D eigenvalue weighted by Gasteiger charge is 2.15. The van der Waals surface area contributed by atoms with Crippen LogP contribution in [-0.4, -0.2) is 18.1 Å². The Morgan fingerprint density at radius 3 is 2.85 bits per heavy atom. The number of hydrogen-bond donors (Lipinski definition) is 3. The van der Waals surface area contributed by atoms with E-state index >= 15 is 0 Å². The second-order valence-corrected chi connectivity index (χ2v) is 4.53. The van der Waals surface area contributed by atoms with Crippen LogP contribution in [0.15, 0.2) is 34.7 Å². The number of furan rings is 1. The molecule has 1 aromatic heterocycles. The number of nitrogens with two attached hydrogens (primary N) is 1. The van der Waals surface area contributed by atoms with Crippen molar-refractivity contribution in [2.45, 2.75) is 13.5 Å².